The van der Waals surface area contributed by atoms with Gasteiger partial charge in [-0.3, -0.25) is 27.6 Å². The molecule has 0 saturated carbocycles. The SMILES string of the molecule is O=C1c2c(cc(OS(=O)(=O)O)cc2OS(=O)(=O)O)O[C@@H](c2ccc(OS(=O)(=O)O)c(OS(=O)(=O)O)c2)[C@@H]1OS(=O)(=O)O. The molecule has 3 rings (SSSR count). The van der Waals surface area contributed by atoms with Crippen molar-refractivity contribution in [2.24, 2.45) is 0 Å². The first-order valence-electron chi connectivity index (χ1n) is 9.66. The van der Waals surface area contributed by atoms with Crippen molar-refractivity contribution in [3.05, 3.63) is 41.5 Å². The van der Waals surface area contributed by atoms with Crippen molar-refractivity contribution in [2.45, 2.75) is 12.2 Å². The number of Topliss-reactive ketones (excluding diaryl/α,β-unsaturated/α-hetero) is 1. The van der Waals surface area contributed by atoms with E-state index in [1.807, 2.05) is 0 Å². The van der Waals surface area contributed by atoms with Crippen LogP contribution in [0.25, 0.3) is 0 Å². The van der Waals surface area contributed by atoms with Gasteiger partial charge in [0.25, 0.3) is 0 Å². The molecule has 1 heterocycles. The van der Waals surface area contributed by atoms with Crippen molar-refractivity contribution < 1.29 is 95.3 Å². The van der Waals surface area contributed by atoms with Crippen LogP contribution < -0.4 is 21.5 Å². The Morgan fingerprint density at radius 1 is 0.595 bits per heavy atom. The number of hydrogen-bond donors (Lipinski definition) is 5. The van der Waals surface area contributed by atoms with Gasteiger partial charge in [-0.05, 0) is 17.7 Å². The summed E-state index contributed by atoms with van der Waals surface area (Å²) in [5.41, 5.74) is -1.73. The molecule has 0 fully saturated rings. The Bertz CT molecular complexity index is 1980. The summed E-state index contributed by atoms with van der Waals surface area (Å²) in [4.78, 5) is 13.3. The highest BCUT2D eigenvalue weighted by Gasteiger charge is 2.45. The third-order valence-corrected chi connectivity index (χ3v) is 6.41. The van der Waals surface area contributed by atoms with Gasteiger partial charge in [-0.15, -0.1) is 0 Å². The van der Waals surface area contributed by atoms with Gasteiger partial charge in [0.15, 0.2) is 35.2 Å². The van der Waals surface area contributed by atoms with E-state index >= 15 is 0 Å². The minimum atomic E-state index is -5.60. The molecule has 0 saturated heterocycles. The minimum Gasteiger partial charge on any atom is -0.481 e. The first-order valence-corrected chi connectivity index (χ1v) is 16.5. The van der Waals surface area contributed by atoms with Gasteiger partial charge >= 0.3 is 52.0 Å². The van der Waals surface area contributed by atoms with Crippen LogP contribution in [-0.4, -0.2) is 76.7 Å². The number of ketones is 1. The summed E-state index contributed by atoms with van der Waals surface area (Å²) >= 11 is 0. The van der Waals surface area contributed by atoms with Gasteiger partial charge in [-0.1, -0.05) is 6.07 Å². The van der Waals surface area contributed by atoms with Crippen molar-refractivity contribution in [1.29, 1.82) is 0 Å². The monoisotopic (exact) mass is 704 g/mol. The minimum absolute atomic E-state index is 0.298. The molecule has 234 valence electrons. The summed E-state index contributed by atoms with van der Waals surface area (Å²) < 4.78 is 184. The van der Waals surface area contributed by atoms with E-state index in [9.17, 15) is 51.4 Å². The first kappa shape index (κ1) is 33.1. The van der Waals surface area contributed by atoms with E-state index in [0.717, 1.165) is 0 Å². The van der Waals surface area contributed by atoms with Gasteiger partial charge in [0.05, 0.1) is 0 Å². The zero-order valence-electron chi connectivity index (χ0n) is 19.3. The summed E-state index contributed by atoms with van der Waals surface area (Å²) in [5, 5.41) is 0. The number of hydrogen-bond acceptors (Lipinski definition) is 17. The predicted molar refractivity (Wildman–Crippen MR) is 126 cm³/mol. The summed E-state index contributed by atoms with van der Waals surface area (Å²) in [6.07, 6.45) is -4.81. The van der Waals surface area contributed by atoms with Crippen LogP contribution >= 0.6 is 0 Å². The van der Waals surface area contributed by atoms with Gasteiger partial charge in [-0.2, -0.15) is 42.1 Å². The Hall–Kier alpha value is -3.38. The van der Waals surface area contributed by atoms with Crippen molar-refractivity contribution in [2.75, 3.05) is 0 Å². The number of fused-ring (bicyclic) bond motifs is 1. The molecule has 0 radical (unpaired) electrons. The molecule has 22 nitrogen and oxygen atoms in total. The molecule has 0 amide bonds. The lowest BCUT2D eigenvalue weighted by atomic mass is 9.92. The zero-order valence-corrected chi connectivity index (χ0v) is 23.3. The average Bonchev–Trinajstić information content (AvgIpc) is 2.71. The number of benzene rings is 2. The molecule has 0 bridgehead atoms. The third-order valence-electron chi connectivity index (χ3n) is 4.38. The van der Waals surface area contributed by atoms with Crippen molar-refractivity contribution >= 4 is 57.8 Å². The summed E-state index contributed by atoms with van der Waals surface area (Å²) in [6, 6.07) is 2.43. The Labute approximate surface area is 235 Å². The average molecular weight is 705 g/mol. The maximum Gasteiger partial charge on any atom is 0.446 e. The molecule has 27 heteroatoms. The molecule has 5 N–H and O–H groups in total. The van der Waals surface area contributed by atoms with Crippen LogP contribution in [-0.2, 0) is 56.2 Å². The van der Waals surface area contributed by atoms with Crippen LogP contribution in [0, 0.1) is 0 Å². The summed E-state index contributed by atoms with van der Waals surface area (Å²) in [6.45, 7) is 0. The molecule has 1 aliphatic heterocycles. The van der Waals surface area contributed by atoms with Crippen molar-refractivity contribution in [1.82, 2.24) is 0 Å². The summed E-state index contributed by atoms with van der Waals surface area (Å²) in [7, 11) is -27.3. The van der Waals surface area contributed by atoms with Crippen LogP contribution in [0.1, 0.15) is 22.0 Å². The van der Waals surface area contributed by atoms with E-state index in [4.69, 9.17) is 22.9 Å². The maximum atomic E-state index is 13.3. The molecular formula is C15H12O22S5. The molecular weight excluding hydrogens is 692 g/mol. The molecule has 1 aliphatic rings. The number of carbonyl (C=O) groups is 1. The van der Waals surface area contributed by atoms with Crippen molar-refractivity contribution in [3.63, 3.8) is 0 Å². The molecule has 42 heavy (non-hydrogen) atoms. The van der Waals surface area contributed by atoms with Crippen molar-refractivity contribution in [3.8, 4) is 28.7 Å². The van der Waals surface area contributed by atoms with Gasteiger partial charge < -0.3 is 21.5 Å². The molecule has 2 aromatic carbocycles. The first-order chi connectivity index (χ1) is 18.8. The molecule has 0 spiro atoms. The normalized spacial score (nSPS) is 18.0. The van der Waals surface area contributed by atoms with E-state index in [0.29, 0.717) is 30.3 Å². The standard InChI is InChI=1S/C15H12O22S5/c16-13-12-10(4-7(33-38(17,18)19)5-11(12)36-41(26,27)28)32-14(15(13)37-42(29,30)31)6-1-2-8(34-39(20,21)22)9(3-6)35-40(23,24)25/h1-5,14-15H,(H,17,18,19)(H,20,21,22)(H,23,24,25)(H,26,27,28)(H,29,30,31)/t14-,15+/m0/s1. The topological polar surface area (TPSA) is 344 Å². The summed E-state index contributed by atoms with van der Waals surface area (Å²) in [5.74, 6) is -7.31. The Balaban J connectivity index is 2.30. The van der Waals surface area contributed by atoms with Crippen LogP contribution in [0.4, 0.5) is 0 Å². The Morgan fingerprint density at radius 3 is 1.60 bits per heavy atom. The molecule has 2 aromatic rings. The highest BCUT2D eigenvalue weighted by Crippen LogP contribution is 2.45. The fourth-order valence-electron chi connectivity index (χ4n) is 3.26. The van der Waals surface area contributed by atoms with E-state index in [1.54, 1.807) is 0 Å². The molecule has 0 unspecified atom stereocenters. The van der Waals surface area contributed by atoms with Gasteiger partial charge in [0, 0.05) is 12.1 Å². The Morgan fingerprint density at radius 2 is 1.10 bits per heavy atom. The maximum absolute atomic E-state index is 13.3. The lowest BCUT2D eigenvalue weighted by Gasteiger charge is -2.32. The molecule has 0 aromatic heterocycles. The number of ether oxygens (including phenoxy) is 1. The second-order valence-electron chi connectivity index (χ2n) is 7.39. The second kappa shape index (κ2) is 11.0. The highest BCUT2D eigenvalue weighted by atomic mass is 32.3. The number of rotatable bonds is 11. The fraction of sp³-hybridized carbons (Fsp3) is 0.133. The molecule has 2 atom stereocenters. The largest absolute Gasteiger partial charge is 0.481 e. The number of carbonyl (C=O) groups excluding carboxylic acids is 1. The van der Waals surface area contributed by atoms with E-state index in [1.165, 1.54) is 0 Å². The van der Waals surface area contributed by atoms with Crippen LogP contribution in [0.15, 0.2) is 30.3 Å². The predicted octanol–water partition coefficient (Wildman–Crippen LogP) is -1.08. The highest BCUT2D eigenvalue weighted by molar-refractivity contribution is 7.82. The smallest absolute Gasteiger partial charge is 0.446 e. The lowest BCUT2D eigenvalue weighted by molar-refractivity contribution is 0.0295. The quantitative estimate of drug-likeness (QED) is 0.174. The van der Waals surface area contributed by atoms with E-state index in [2.05, 4.69) is 20.9 Å². The van der Waals surface area contributed by atoms with E-state index < -0.39 is 110 Å². The third kappa shape index (κ3) is 9.32. The van der Waals surface area contributed by atoms with Gasteiger partial charge in [0.1, 0.15) is 11.3 Å². The van der Waals surface area contributed by atoms with Crippen LogP contribution in [0.3, 0.4) is 0 Å². The van der Waals surface area contributed by atoms with E-state index in [-0.39, 0.29) is 0 Å². The molecule has 0 aliphatic carbocycles. The van der Waals surface area contributed by atoms with Crippen LogP contribution in [0.5, 0.6) is 28.7 Å². The second-order valence-corrected chi connectivity index (χ2v) is 12.5. The van der Waals surface area contributed by atoms with Crippen LogP contribution in [0.2, 0.25) is 0 Å². The lowest BCUT2D eigenvalue weighted by Crippen LogP contribution is -2.40. The Kier molecular flexibility index (Phi) is 8.70. The van der Waals surface area contributed by atoms with Gasteiger partial charge in [0.2, 0.25) is 5.78 Å². The fourth-order valence-corrected chi connectivity index (χ4v) is 5.13. The van der Waals surface area contributed by atoms with Gasteiger partial charge in [-0.25, -0.2) is 4.18 Å². The zero-order chi connectivity index (χ0) is 32.1.